The molecule has 2 rings (SSSR count). The Bertz CT molecular complexity index is 374. The van der Waals surface area contributed by atoms with Gasteiger partial charge < -0.3 is 10.5 Å². The van der Waals surface area contributed by atoms with Crippen molar-refractivity contribution in [3.8, 4) is 5.75 Å². The first-order valence-corrected chi connectivity index (χ1v) is 6.54. The molecule has 1 aromatic heterocycles. The van der Waals surface area contributed by atoms with Gasteiger partial charge >= 0.3 is 0 Å². The van der Waals surface area contributed by atoms with E-state index >= 15 is 0 Å². The van der Waals surface area contributed by atoms with Crippen molar-refractivity contribution < 1.29 is 4.74 Å². The highest BCUT2D eigenvalue weighted by Gasteiger charge is 2.22. The highest BCUT2D eigenvalue weighted by atomic mass is 16.5. The molecule has 1 aromatic rings. The maximum absolute atomic E-state index is 6.00. The summed E-state index contributed by atoms with van der Waals surface area (Å²) in [5.74, 6) is 1.69. The molecule has 1 aliphatic rings. The van der Waals surface area contributed by atoms with Crippen LogP contribution >= 0.6 is 0 Å². The summed E-state index contributed by atoms with van der Waals surface area (Å²) < 4.78 is 5.84. The molecule has 94 valence electrons. The minimum atomic E-state index is 0.174. The molecule has 0 bridgehead atoms. The van der Waals surface area contributed by atoms with Crippen molar-refractivity contribution in [2.24, 2.45) is 11.7 Å². The van der Waals surface area contributed by atoms with Crippen LogP contribution in [0.25, 0.3) is 0 Å². The molecular formula is C14H22N2O. The molecule has 0 spiro atoms. The van der Waals surface area contributed by atoms with Crippen molar-refractivity contribution in [1.29, 1.82) is 0 Å². The van der Waals surface area contributed by atoms with Gasteiger partial charge in [0.2, 0.25) is 0 Å². The van der Waals surface area contributed by atoms with Crippen LogP contribution < -0.4 is 10.5 Å². The largest absolute Gasteiger partial charge is 0.491 e. The number of nitrogens with two attached hydrogens (primary N) is 1. The first kappa shape index (κ1) is 12.4. The Kier molecular flexibility index (Phi) is 4.00. The molecule has 3 heteroatoms. The summed E-state index contributed by atoms with van der Waals surface area (Å²) in [5, 5.41) is 0. The van der Waals surface area contributed by atoms with Gasteiger partial charge in [0.1, 0.15) is 5.75 Å². The number of aryl methyl sites for hydroxylation is 1. The zero-order valence-electron chi connectivity index (χ0n) is 10.8. The van der Waals surface area contributed by atoms with E-state index in [9.17, 15) is 0 Å². The molecule has 2 N–H and O–H groups in total. The van der Waals surface area contributed by atoms with Crippen molar-refractivity contribution in [2.45, 2.75) is 45.6 Å². The van der Waals surface area contributed by atoms with Crippen LogP contribution in [0, 0.1) is 12.8 Å². The number of nitrogens with zero attached hydrogens (tertiary/aromatic N) is 1. The Balaban J connectivity index is 2.05. The fourth-order valence-electron chi connectivity index (χ4n) is 1.76. The highest BCUT2D eigenvalue weighted by Crippen LogP contribution is 2.30. The molecule has 0 radical (unpaired) electrons. The Morgan fingerprint density at radius 3 is 2.88 bits per heavy atom. The molecule has 1 aliphatic carbocycles. The minimum absolute atomic E-state index is 0.174. The molecule has 1 saturated carbocycles. The Labute approximate surface area is 103 Å². The van der Waals surface area contributed by atoms with Crippen LogP contribution in [-0.2, 0) is 6.42 Å². The lowest BCUT2D eigenvalue weighted by Crippen LogP contribution is -2.22. The summed E-state index contributed by atoms with van der Waals surface area (Å²) in [7, 11) is 0. The molecule has 0 aliphatic heterocycles. The van der Waals surface area contributed by atoms with E-state index in [-0.39, 0.29) is 6.04 Å². The van der Waals surface area contributed by atoms with Crippen LogP contribution in [0.2, 0.25) is 0 Å². The van der Waals surface area contributed by atoms with Crippen molar-refractivity contribution in [1.82, 2.24) is 4.98 Å². The molecule has 1 atom stereocenters. The molecule has 0 saturated heterocycles. The van der Waals surface area contributed by atoms with Gasteiger partial charge in [0.05, 0.1) is 12.3 Å². The Morgan fingerprint density at radius 1 is 1.47 bits per heavy atom. The SMILES string of the molecule is CCC(N)Cc1nc(C)ccc1OCC1CC1. The van der Waals surface area contributed by atoms with Crippen molar-refractivity contribution >= 4 is 0 Å². The second-order valence-corrected chi connectivity index (χ2v) is 5.02. The van der Waals surface area contributed by atoms with Gasteiger partial charge in [-0.1, -0.05) is 6.92 Å². The van der Waals surface area contributed by atoms with Gasteiger partial charge in [0.25, 0.3) is 0 Å². The van der Waals surface area contributed by atoms with Crippen LogP contribution in [0.15, 0.2) is 12.1 Å². The first-order valence-electron chi connectivity index (χ1n) is 6.54. The zero-order valence-corrected chi connectivity index (χ0v) is 10.8. The van der Waals surface area contributed by atoms with Gasteiger partial charge in [-0.25, -0.2) is 0 Å². The predicted octanol–water partition coefficient (Wildman–Crippen LogP) is 2.46. The average molecular weight is 234 g/mol. The second-order valence-electron chi connectivity index (χ2n) is 5.02. The number of pyridine rings is 1. The van der Waals surface area contributed by atoms with Gasteiger partial charge in [-0.2, -0.15) is 0 Å². The first-order chi connectivity index (χ1) is 8.19. The normalized spacial score (nSPS) is 16.9. The number of hydrogen-bond acceptors (Lipinski definition) is 3. The lowest BCUT2D eigenvalue weighted by atomic mass is 10.1. The van der Waals surface area contributed by atoms with E-state index in [1.54, 1.807) is 0 Å². The van der Waals surface area contributed by atoms with Gasteiger partial charge in [0.15, 0.2) is 0 Å². The van der Waals surface area contributed by atoms with E-state index in [0.29, 0.717) is 0 Å². The van der Waals surface area contributed by atoms with Gasteiger partial charge in [-0.3, -0.25) is 4.98 Å². The highest BCUT2D eigenvalue weighted by molar-refractivity contribution is 5.30. The quantitative estimate of drug-likeness (QED) is 0.822. The summed E-state index contributed by atoms with van der Waals surface area (Å²) in [4.78, 5) is 4.55. The molecule has 17 heavy (non-hydrogen) atoms. The molecule has 1 heterocycles. The molecule has 0 amide bonds. The third-order valence-corrected chi connectivity index (χ3v) is 3.22. The second kappa shape index (κ2) is 5.50. The number of aromatic nitrogens is 1. The van der Waals surface area contributed by atoms with E-state index in [2.05, 4.69) is 11.9 Å². The van der Waals surface area contributed by atoms with Crippen LogP contribution in [-0.4, -0.2) is 17.6 Å². The van der Waals surface area contributed by atoms with Crippen molar-refractivity contribution in [3.05, 3.63) is 23.5 Å². The third-order valence-electron chi connectivity index (χ3n) is 3.22. The van der Waals surface area contributed by atoms with E-state index < -0.39 is 0 Å². The Hall–Kier alpha value is -1.09. The van der Waals surface area contributed by atoms with Crippen molar-refractivity contribution in [3.63, 3.8) is 0 Å². The maximum atomic E-state index is 6.00. The number of hydrogen-bond donors (Lipinski definition) is 1. The fourth-order valence-corrected chi connectivity index (χ4v) is 1.76. The minimum Gasteiger partial charge on any atom is -0.491 e. The van der Waals surface area contributed by atoms with Crippen LogP contribution in [0.1, 0.15) is 37.6 Å². The van der Waals surface area contributed by atoms with E-state index in [4.69, 9.17) is 10.5 Å². The van der Waals surface area contributed by atoms with Crippen molar-refractivity contribution in [2.75, 3.05) is 6.61 Å². The molecule has 0 aromatic carbocycles. The predicted molar refractivity (Wildman–Crippen MR) is 69.2 cm³/mol. The summed E-state index contributed by atoms with van der Waals surface area (Å²) in [6.07, 6.45) is 4.39. The van der Waals surface area contributed by atoms with E-state index in [0.717, 1.165) is 42.5 Å². The zero-order chi connectivity index (χ0) is 12.3. The van der Waals surface area contributed by atoms with Crippen LogP contribution in [0.4, 0.5) is 0 Å². The summed E-state index contributed by atoms with van der Waals surface area (Å²) >= 11 is 0. The lowest BCUT2D eigenvalue weighted by Gasteiger charge is -2.14. The summed E-state index contributed by atoms with van der Waals surface area (Å²) in [6, 6.07) is 4.21. The topological polar surface area (TPSA) is 48.1 Å². The van der Waals surface area contributed by atoms with Gasteiger partial charge in [-0.05, 0) is 44.2 Å². The maximum Gasteiger partial charge on any atom is 0.140 e. The van der Waals surface area contributed by atoms with Crippen LogP contribution in [0.5, 0.6) is 5.75 Å². The van der Waals surface area contributed by atoms with Gasteiger partial charge in [0, 0.05) is 18.2 Å². The lowest BCUT2D eigenvalue weighted by molar-refractivity contribution is 0.294. The Morgan fingerprint density at radius 2 is 2.24 bits per heavy atom. The monoisotopic (exact) mass is 234 g/mol. The van der Waals surface area contributed by atoms with E-state index in [1.807, 2.05) is 19.1 Å². The van der Waals surface area contributed by atoms with E-state index in [1.165, 1.54) is 12.8 Å². The van der Waals surface area contributed by atoms with Crippen LogP contribution in [0.3, 0.4) is 0 Å². The molecule has 1 unspecified atom stereocenters. The summed E-state index contributed by atoms with van der Waals surface area (Å²) in [6.45, 7) is 4.94. The standard InChI is InChI=1S/C14H22N2O/c1-3-12(15)8-13-14(7-4-10(2)16-13)17-9-11-5-6-11/h4,7,11-12H,3,5-6,8-9,15H2,1-2H3. The molecule has 3 nitrogen and oxygen atoms in total. The third kappa shape index (κ3) is 3.70. The smallest absolute Gasteiger partial charge is 0.140 e. The molecule has 1 fully saturated rings. The average Bonchev–Trinajstić information content (AvgIpc) is 3.12. The van der Waals surface area contributed by atoms with Gasteiger partial charge in [-0.15, -0.1) is 0 Å². The number of ether oxygens (including phenoxy) is 1. The number of rotatable bonds is 6. The summed E-state index contributed by atoms with van der Waals surface area (Å²) in [5.41, 5.74) is 8.04. The fraction of sp³-hybridized carbons (Fsp3) is 0.643. The molecular weight excluding hydrogens is 212 g/mol.